The number of carbonyl (C=O) groups is 2. The minimum Gasteiger partial charge on any atom is -0.450 e. The third kappa shape index (κ3) is 4.65. The number of anilines is 1. The molecule has 7 heteroatoms. The predicted molar refractivity (Wildman–Crippen MR) is 99.4 cm³/mol. The first kappa shape index (κ1) is 18.5. The van der Waals surface area contributed by atoms with Crippen LogP contribution in [0.1, 0.15) is 49.5 Å². The van der Waals surface area contributed by atoms with Gasteiger partial charge in [-0.15, -0.1) is 0 Å². The van der Waals surface area contributed by atoms with Gasteiger partial charge in [-0.25, -0.2) is 4.79 Å². The van der Waals surface area contributed by atoms with Crippen LogP contribution in [0.3, 0.4) is 0 Å². The Hall–Kier alpha value is -2.31. The molecule has 2 amide bonds. The van der Waals surface area contributed by atoms with E-state index >= 15 is 0 Å². The van der Waals surface area contributed by atoms with E-state index in [2.05, 4.69) is 15.2 Å². The van der Waals surface area contributed by atoms with Crippen molar-refractivity contribution in [2.24, 2.45) is 0 Å². The van der Waals surface area contributed by atoms with Crippen molar-refractivity contribution in [3.8, 4) is 0 Å². The maximum atomic E-state index is 12.6. The van der Waals surface area contributed by atoms with Gasteiger partial charge in [0.1, 0.15) is 5.69 Å². The molecule has 1 N–H and O–H groups in total. The molecule has 0 aliphatic carbocycles. The molecule has 2 fully saturated rings. The standard InChI is InChI=1S/C19H28N4O3/c1-2-26-19(25)23-12-7-15(8-13-23)21-18(24)17-14-16(6-9-20-17)22-10-4-3-5-11-22/h6,9,14-15H,2-5,7-8,10-13H2,1H3,(H,21,24). The molecule has 0 bridgehead atoms. The van der Waals surface area contributed by atoms with Gasteiger partial charge in [0.15, 0.2) is 0 Å². The van der Waals surface area contributed by atoms with Crippen molar-refractivity contribution in [1.82, 2.24) is 15.2 Å². The van der Waals surface area contributed by atoms with Gasteiger partial charge in [0.2, 0.25) is 0 Å². The second-order valence-corrected chi connectivity index (χ2v) is 6.88. The Morgan fingerprint density at radius 1 is 1.19 bits per heavy atom. The molecule has 0 saturated carbocycles. The number of hydrogen-bond donors (Lipinski definition) is 1. The van der Waals surface area contributed by atoms with Crippen LogP contribution >= 0.6 is 0 Å². The molecule has 7 nitrogen and oxygen atoms in total. The number of amides is 2. The second-order valence-electron chi connectivity index (χ2n) is 6.88. The summed E-state index contributed by atoms with van der Waals surface area (Å²) in [5.41, 5.74) is 1.53. The Kier molecular flexibility index (Phi) is 6.30. The zero-order valence-corrected chi connectivity index (χ0v) is 15.4. The van der Waals surface area contributed by atoms with Crippen LogP contribution in [0.15, 0.2) is 18.3 Å². The summed E-state index contributed by atoms with van der Waals surface area (Å²) in [5, 5.41) is 3.06. The zero-order valence-electron chi connectivity index (χ0n) is 15.4. The third-order valence-electron chi connectivity index (χ3n) is 5.05. The Morgan fingerprint density at radius 2 is 1.92 bits per heavy atom. The summed E-state index contributed by atoms with van der Waals surface area (Å²) >= 11 is 0. The molecule has 26 heavy (non-hydrogen) atoms. The number of nitrogens with one attached hydrogen (secondary N) is 1. The minimum atomic E-state index is -0.270. The topological polar surface area (TPSA) is 74.8 Å². The molecule has 142 valence electrons. The summed E-state index contributed by atoms with van der Waals surface area (Å²) in [6.45, 7) is 5.47. The van der Waals surface area contributed by atoms with E-state index in [4.69, 9.17) is 4.74 Å². The molecule has 0 unspecified atom stereocenters. The summed E-state index contributed by atoms with van der Waals surface area (Å²) < 4.78 is 5.02. The highest BCUT2D eigenvalue weighted by molar-refractivity contribution is 5.93. The van der Waals surface area contributed by atoms with Gasteiger partial charge in [0.25, 0.3) is 5.91 Å². The van der Waals surface area contributed by atoms with E-state index in [0.29, 0.717) is 25.4 Å². The second kappa shape index (κ2) is 8.87. The van der Waals surface area contributed by atoms with E-state index in [-0.39, 0.29) is 18.0 Å². The normalized spacial score (nSPS) is 18.5. The van der Waals surface area contributed by atoms with Crippen molar-refractivity contribution in [2.45, 2.75) is 45.1 Å². The first-order chi connectivity index (χ1) is 12.7. The van der Waals surface area contributed by atoms with Crippen LogP contribution in [-0.4, -0.2) is 60.7 Å². The number of ether oxygens (including phenoxy) is 1. The Labute approximate surface area is 154 Å². The summed E-state index contributed by atoms with van der Waals surface area (Å²) in [4.78, 5) is 32.6. The number of nitrogens with zero attached hydrogens (tertiary/aromatic N) is 3. The summed E-state index contributed by atoms with van der Waals surface area (Å²) in [7, 11) is 0. The number of aromatic nitrogens is 1. The monoisotopic (exact) mass is 360 g/mol. The fraction of sp³-hybridized carbons (Fsp3) is 0.632. The smallest absolute Gasteiger partial charge is 0.409 e. The van der Waals surface area contributed by atoms with Gasteiger partial charge in [-0.2, -0.15) is 0 Å². The fourth-order valence-corrected chi connectivity index (χ4v) is 3.57. The van der Waals surface area contributed by atoms with Gasteiger partial charge in [-0.05, 0) is 51.2 Å². The van der Waals surface area contributed by atoms with Crippen molar-refractivity contribution in [3.05, 3.63) is 24.0 Å². The third-order valence-corrected chi connectivity index (χ3v) is 5.05. The number of carbonyl (C=O) groups excluding carboxylic acids is 2. The van der Waals surface area contributed by atoms with E-state index in [0.717, 1.165) is 31.6 Å². The van der Waals surface area contributed by atoms with Crippen molar-refractivity contribution >= 4 is 17.7 Å². The molecule has 0 atom stereocenters. The molecular formula is C19H28N4O3. The van der Waals surface area contributed by atoms with Crippen molar-refractivity contribution in [3.63, 3.8) is 0 Å². The van der Waals surface area contributed by atoms with Gasteiger partial charge < -0.3 is 19.9 Å². The van der Waals surface area contributed by atoms with Crippen LogP contribution in [0, 0.1) is 0 Å². The van der Waals surface area contributed by atoms with Crippen LogP contribution in [0.2, 0.25) is 0 Å². The molecule has 0 radical (unpaired) electrons. The maximum absolute atomic E-state index is 12.6. The highest BCUT2D eigenvalue weighted by atomic mass is 16.6. The SMILES string of the molecule is CCOC(=O)N1CCC(NC(=O)c2cc(N3CCCCC3)ccn2)CC1. The van der Waals surface area contributed by atoms with Crippen LogP contribution in [-0.2, 0) is 4.74 Å². The fourth-order valence-electron chi connectivity index (χ4n) is 3.57. The summed E-state index contributed by atoms with van der Waals surface area (Å²) in [6.07, 6.45) is 6.58. The molecule has 3 heterocycles. The van der Waals surface area contributed by atoms with E-state index < -0.39 is 0 Å². The molecule has 3 rings (SSSR count). The van der Waals surface area contributed by atoms with E-state index in [1.807, 2.05) is 12.1 Å². The molecule has 2 saturated heterocycles. The van der Waals surface area contributed by atoms with Crippen LogP contribution in [0.4, 0.5) is 10.5 Å². The van der Waals surface area contributed by atoms with Crippen LogP contribution in [0.25, 0.3) is 0 Å². The lowest BCUT2D eigenvalue weighted by Gasteiger charge is -2.31. The molecule has 1 aromatic heterocycles. The number of pyridine rings is 1. The zero-order chi connectivity index (χ0) is 18.4. The Morgan fingerprint density at radius 3 is 2.62 bits per heavy atom. The lowest BCUT2D eigenvalue weighted by molar-refractivity contribution is 0.0856. The predicted octanol–water partition coefficient (Wildman–Crippen LogP) is 2.42. The Bertz CT molecular complexity index is 623. The summed E-state index contributed by atoms with van der Waals surface area (Å²) in [5.74, 6) is -0.140. The van der Waals surface area contributed by atoms with Crippen LogP contribution in [0.5, 0.6) is 0 Å². The largest absolute Gasteiger partial charge is 0.450 e. The number of rotatable bonds is 4. The molecular weight excluding hydrogens is 332 g/mol. The molecule has 0 spiro atoms. The molecule has 2 aliphatic rings. The molecule has 1 aromatic rings. The highest BCUT2D eigenvalue weighted by Gasteiger charge is 2.25. The van der Waals surface area contributed by atoms with E-state index in [1.165, 1.54) is 19.3 Å². The quantitative estimate of drug-likeness (QED) is 0.892. The highest BCUT2D eigenvalue weighted by Crippen LogP contribution is 2.20. The van der Waals surface area contributed by atoms with Gasteiger partial charge >= 0.3 is 6.09 Å². The van der Waals surface area contributed by atoms with Gasteiger partial charge in [0.05, 0.1) is 6.61 Å². The lowest BCUT2D eigenvalue weighted by Crippen LogP contribution is -2.46. The molecule has 0 aromatic carbocycles. The minimum absolute atomic E-state index is 0.0635. The average molecular weight is 360 g/mol. The first-order valence-electron chi connectivity index (χ1n) is 9.61. The number of piperidine rings is 2. The van der Waals surface area contributed by atoms with Gasteiger partial charge in [-0.1, -0.05) is 0 Å². The van der Waals surface area contributed by atoms with Gasteiger partial charge in [0, 0.05) is 44.1 Å². The maximum Gasteiger partial charge on any atom is 0.409 e. The van der Waals surface area contributed by atoms with Crippen LogP contribution < -0.4 is 10.2 Å². The molecule has 2 aliphatic heterocycles. The van der Waals surface area contributed by atoms with E-state index in [9.17, 15) is 9.59 Å². The van der Waals surface area contributed by atoms with Crippen molar-refractivity contribution in [1.29, 1.82) is 0 Å². The number of likely N-dealkylation sites (tertiary alicyclic amines) is 1. The van der Waals surface area contributed by atoms with E-state index in [1.54, 1.807) is 18.0 Å². The lowest BCUT2D eigenvalue weighted by atomic mass is 10.1. The van der Waals surface area contributed by atoms with Gasteiger partial charge in [-0.3, -0.25) is 9.78 Å². The number of hydrogen-bond acceptors (Lipinski definition) is 5. The van der Waals surface area contributed by atoms with Crippen molar-refractivity contribution in [2.75, 3.05) is 37.7 Å². The average Bonchev–Trinajstić information content (AvgIpc) is 2.69. The van der Waals surface area contributed by atoms with Crippen molar-refractivity contribution < 1.29 is 14.3 Å². The first-order valence-corrected chi connectivity index (χ1v) is 9.61. The summed E-state index contributed by atoms with van der Waals surface area (Å²) in [6, 6.07) is 3.92. The Balaban J connectivity index is 1.53.